The van der Waals surface area contributed by atoms with Gasteiger partial charge in [-0.15, -0.1) is 11.3 Å². The quantitative estimate of drug-likeness (QED) is 0.251. The van der Waals surface area contributed by atoms with Crippen LogP contribution < -0.4 is 11.1 Å². The largest absolute Gasteiger partial charge is 0.479 e. The molecule has 1 aliphatic rings. The summed E-state index contributed by atoms with van der Waals surface area (Å²) in [4.78, 5) is 43.7. The number of nitrogens with zero attached hydrogens (tertiary/aromatic N) is 3. The standard InChI is InChI=1S/C13H17N5O7S2/c1-5-7(10(20)18(5)27(23,24)25)16-9(19)8(6-4-26-12(14)15-6)17-13(2,3)11(21)22/h4-5,7H,1-3H3,(H2,14,15)(H,16,19)(H,21,22)(H,23,24,25). The van der Waals surface area contributed by atoms with Gasteiger partial charge in [0.25, 0.3) is 11.8 Å². The molecule has 0 radical (unpaired) electrons. The zero-order chi connectivity index (χ0) is 20.7. The number of nitrogens with two attached hydrogens (primary N) is 1. The van der Waals surface area contributed by atoms with Gasteiger partial charge in [-0.25, -0.2) is 14.1 Å². The Kier molecular flexibility index (Phi) is 5.27. The zero-order valence-corrected chi connectivity index (χ0v) is 16.0. The van der Waals surface area contributed by atoms with Crippen molar-refractivity contribution < 1.29 is 32.5 Å². The van der Waals surface area contributed by atoms with Crippen molar-refractivity contribution in [3.63, 3.8) is 0 Å². The van der Waals surface area contributed by atoms with E-state index in [0.29, 0.717) is 0 Å². The number of rotatable bonds is 6. The third-order valence-electron chi connectivity index (χ3n) is 3.77. The number of carbonyl (C=O) groups excluding carboxylic acids is 2. The van der Waals surface area contributed by atoms with E-state index in [4.69, 9.17) is 10.3 Å². The van der Waals surface area contributed by atoms with Crippen LogP contribution in [0.25, 0.3) is 0 Å². The molecule has 2 heterocycles. The summed E-state index contributed by atoms with van der Waals surface area (Å²) in [5.74, 6) is -3.27. The Bertz CT molecular complexity index is 937. The molecular formula is C13H17N5O7S2. The van der Waals surface area contributed by atoms with Gasteiger partial charge in [-0.2, -0.15) is 8.42 Å². The molecule has 0 spiro atoms. The number of nitrogens with one attached hydrogen (secondary N) is 1. The maximum absolute atomic E-state index is 12.6. The van der Waals surface area contributed by atoms with Crippen molar-refractivity contribution in [2.24, 2.45) is 4.99 Å². The lowest BCUT2D eigenvalue weighted by Crippen LogP contribution is -2.71. The van der Waals surface area contributed by atoms with E-state index in [-0.39, 0.29) is 20.8 Å². The molecule has 1 saturated heterocycles. The Morgan fingerprint density at radius 1 is 1.44 bits per heavy atom. The monoisotopic (exact) mass is 419 g/mol. The molecule has 0 saturated carbocycles. The van der Waals surface area contributed by atoms with Gasteiger partial charge >= 0.3 is 16.3 Å². The number of aliphatic imine (C=N–C) groups is 1. The van der Waals surface area contributed by atoms with Crippen molar-refractivity contribution in [2.45, 2.75) is 38.4 Å². The van der Waals surface area contributed by atoms with Crippen molar-refractivity contribution in [1.82, 2.24) is 14.6 Å². The van der Waals surface area contributed by atoms with Crippen molar-refractivity contribution in [2.75, 3.05) is 5.73 Å². The van der Waals surface area contributed by atoms with E-state index >= 15 is 0 Å². The van der Waals surface area contributed by atoms with Crippen molar-refractivity contribution in [3.8, 4) is 0 Å². The Morgan fingerprint density at radius 2 is 2.04 bits per heavy atom. The minimum atomic E-state index is -4.74. The van der Waals surface area contributed by atoms with Crippen LogP contribution in [-0.2, 0) is 24.7 Å². The third-order valence-corrected chi connectivity index (χ3v) is 5.45. The minimum Gasteiger partial charge on any atom is -0.479 e. The molecule has 14 heteroatoms. The van der Waals surface area contributed by atoms with Gasteiger partial charge in [-0.05, 0) is 20.8 Å². The maximum atomic E-state index is 12.6. The first kappa shape index (κ1) is 20.7. The highest BCUT2D eigenvalue weighted by atomic mass is 32.2. The molecule has 1 aromatic rings. The molecule has 148 valence electrons. The van der Waals surface area contributed by atoms with Gasteiger partial charge in [0.2, 0.25) is 0 Å². The van der Waals surface area contributed by atoms with Crippen LogP contribution in [0.4, 0.5) is 5.13 Å². The van der Waals surface area contributed by atoms with Gasteiger partial charge in [0.15, 0.2) is 16.4 Å². The lowest BCUT2D eigenvalue weighted by atomic mass is 10.0. The van der Waals surface area contributed by atoms with Gasteiger partial charge in [-0.1, -0.05) is 0 Å². The van der Waals surface area contributed by atoms with Crippen molar-refractivity contribution >= 4 is 50.3 Å². The summed E-state index contributed by atoms with van der Waals surface area (Å²) in [7, 11) is -4.74. The summed E-state index contributed by atoms with van der Waals surface area (Å²) in [5.41, 5.74) is 3.49. The van der Waals surface area contributed by atoms with Gasteiger partial charge in [0, 0.05) is 5.38 Å². The minimum absolute atomic E-state index is 0.00962. The van der Waals surface area contributed by atoms with E-state index < -0.39 is 45.7 Å². The zero-order valence-electron chi connectivity index (χ0n) is 14.4. The Morgan fingerprint density at radius 3 is 2.44 bits per heavy atom. The number of anilines is 1. The van der Waals surface area contributed by atoms with Crippen LogP contribution in [-0.4, -0.2) is 68.5 Å². The third kappa shape index (κ3) is 4.06. The molecular weight excluding hydrogens is 402 g/mol. The molecule has 1 aliphatic heterocycles. The highest BCUT2D eigenvalue weighted by molar-refractivity contribution is 7.84. The van der Waals surface area contributed by atoms with Crippen LogP contribution in [0.2, 0.25) is 0 Å². The topological polar surface area (TPSA) is 192 Å². The van der Waals surface area contributed by atoms with E-state index in [1.807, 2.05) is 0 Å². The summed E-state index contributed by atoms with van der Waals surface area (Å²) in [6.07, 6.45) is 0. The number of thiazole rings is 1. The SMILES string of the molecule is CC1C(NC(=O)C(=NC(C)(C)C(=O)O)c2csc(N)n2)C(=O)N1S(=O)(=O)O. The van der Waals surface area contributed by atoms with Crippen LogP contribution in [0, 0.1) is 0 Å². The predicted octanol–water partition coefficient (Wildman–Crippen LogP) is -1.10. The summed E-state index contributed by atoms with van der Waals surface area (Å²) in [5, 5.41) is 13.0. The highest BCUT2D eigenvalue weighted by Gasteiger charge is 2.51. The molecule has 5 N–H and O–H groups in total. The second-order valence-corrected chi connectivity index (χ2v) is 8.38. The molecule has 2 amide bonds. The Hall–Kier alpha value is -2.58. The van der Waals surface area contributed by atoms with Crippen LogP contribution in [0.5, 0.6) is 0 Å². The number of hydrogen-bond acceptors (Lipinski definition) is 9. The molecule has 0 aliphatic carbocycles. The number of β-lactam (4-membered cyclic amide) rings is 1. The summed E-state index contributed by atoms with van der Waals surface area (Å²) in [6.45, 7) is 3.82. The van der Waals surface area contributed by atoms with E-state index in [1.54, 1.807) is 0 Å². The number of carboxylic acids is 1. The number of aliphatic carboxylic acids is 1. The second-order valence-electron chi connectivity index (χ2n) is 6.20. The fourth-order valence-corrected chi connectivity index (χ4v) is 3.69. The number of amides is 2. The van der Waals surface area contributed by atoms with E-state index in [0.717, 1.165) is 11.3 Å². The van der Waals surface area contributed by atoms with E-state index in [1.165, 1.54) is 26.2 Å². The number of carboxylic acid groups (broad SMARTS) is 1. The number of aromatic nitrogens is 1. The molecule has 0 aromatic carbocycles. The first-order valence-corrected chi connectivity index (χ1v) is 9.69. The smallest absolute Gasteiger partial charge is 0.362 e. The second kappa shape index (κ2) is 6.86. The molecule has 0 bridgehead atoms. The average Bonchev–Trinajstić information content (AvgIpc) is 2.95. The van der Waals surface area contributed by atoms with E-state index in [9.17, 15) is 27.9 Å². The van der Waals surface area contributed by atoms with Crippen molar-refractivity contribution in [1.29, 1.82) is 0 Å². The van der Waals surface area contributed by atoms with Gasteiger partial charge in [0.05, 0.1) is 6.04 Å². The van der Waals surface area contributed by atoms with Crippen molar-refractivity contribution in [3.05, 3.63) is 11.1 Å². The van der Waals surface area contributed by atoms with Crippen LogP contribution in [0.3, 0.4) is 0 Å². The molecule has 12 nitrogen and oxygen atoms in total. The lowest BCUT2D eigenvalue weighted by molar-refractivity contribution is -0.144. The summed E-state index contributed by atoms with van der Waals surface area (Å²) >= 11 is 0.999. The van der Waals surface area contributed by atoms with Crippen LogP contribution >= 0.6 is 11.3 Å². The van der Waals surface area contributed by atoms with Gasteiger partial charge in [-0.3, -0.25) is 19.1 Å². The number of nitrogen functional groups attached to an aromatic ring is 1. The number of carbonyl (C=O) groups is 3. The Labute approximate surface area is 158 Å². The van der Waals surface area contributed by atoms with E-state index in [2.05, 4.69) is 15.3 Å². The molecule has 27 heavy (non-hydrogen) atoms. The van der Waals surface area contributed by atoms with Crippen LogP contribution in [0.1, 0.15) is 26.5 Å². The number of hydrogen-bond donors (Lipinski definition) is 4. The Balaban J connectivity index is 2.33. The van der Waals surface area contributed by atoms with Crippen LogP contribution in [0.15, 0.2) is 10.4 Å². The summed E-state index contributed by atoms with van der Waals surface area (Å²) in [6, 6.07) is -2.28. The summed E-state index contributed by atoms with van der Waals surface area (Å²) < 4.78 is 31.5. The molecule has 2 atom stereocenters. The predicted molar refractivity (Wildman–Crippen MR) is 94.6 cm³/mol. The van der Waals surface area contributed by atoms with Gasteiger partial charge in [0.1, 0.15) is 11.7 Å². The fraction of sp³-hybridized carbons (Fsp3) is 0.462. The molecule has 2 unspecified atom stereocenters. The average molecular weight is 419 g/mol. The molecule has 1 fully saturated rings. The maximum Gasteiger partial charge on any atom is 0.362 e. The lowest BCUT2D eigenvalue weighted by Gasteiger charge is -2.42. The van der Waals surface area contributed by atoms with Gasteiger partial charge < -0.3 is 16.2 Å². The fourth-order valence-electron chi connectivity index (χ4n) is 2.26. The normalized spacial score (nSPS) is 21.0. The highest BCUT2D eigenvalue weighted by Crippen LogP contribution is 2.23. The molecule has 1 aromatic heterocycles. The first-order chi connectivity index (χ1) is 12.3. The first-order valence-electron chi connectivity index (χ1n) is 7.42. The molecule has 2 rings (SSSR count).